The number of hydrogen-bond donors (Lipinski definition) is 1. The van der Waals surface area contributed by atoms with E-state index in [-0.39, 0.29) is 11.9 Å². The van der Waals surface area contributed by atoms with Crippen molar-refractivity contribution < 1.29 is 14.3 Å². The number of anilines is 1. The van der Waals surface area contributed by atoms with E-state index in [9.17, 15) is 9.59 Å². The third kappa shape index (κ3) is 4.39. The molecule has 2 aromatic heterocycles. The van der Waals surface area contributed by atoms with Gasteiger partial charge in [-0.05, 0) is 62.2 Å². The maximum atomic E-state index is 12.6. The molecule has 0 aliphatic heterocycles. The molecule has 162 valence electrons. The number of hydrogen-bond acceptors (Lipinski definition) is 4. The van der Waals surface area contributed by atoms with Crippen LogP contribution in [0.25, 0.3) is 16.6 Å². The molecule has 6 nitrogen and oxygen atoms in total. The molecule has 0 radical (unpaired) electrons. The van der Waals surface area contributed by atoms with Crippen molar-refractivity contribution in [2.24, 2.45) is 0 Å². The van der Waals surface area contributed by atoms with Gasteiger partial charge < -0.3 is 14.6 Å². The summed E-state index contributed by atoms with van der Waals surface area (Å²) >= 11 is 0. The van der Waals surface area contributed by atoms with E-state index in [1.165, 1.54) is 0 Å². The van der Waals surface area contributed by atoms with Crippen molar-refractivity contribution in [1.82, 2.24) is 9.55 Å². The van der Waals surface area contributed by atoms with Gasteiger partial charge in [0.05, 0.1) is 17.7 Å². The average molecular weight is 428 g/mol. The number of nitrogens with zero attached hydrogens (tertiary/aromatic N) is 2. The first-order valence-electron chi connectivity index (χ1n) is 10.6. The third-order valence-electron chi connectivity index (χ3n) is 5.36. The summed E-state index contributed by atoms with van der Waals surface area (Å²) in [5, 5.41) is 3.80. The monoisotopic (exact) mass is 427 g/mol. The van der Waals surface area contributed by atoms with E-state index >= 15 is 0 Å². The van der Waals surface area contributed by atoms with Crippen LogP contribution >= 0.6 is 0 Å². The maximum Gasteiger partial charge on any atom is 0.340 e. The lowest BCUT2D eigenvalue weighted by molar-refractivity contribution is -0.116. The Kier molecular flexibility index (Phi) is 6.31. The molecule has 0 spiro atoms. The molecule has 4 rings (SSSR count). The van der Waals surface area contributed by atoms with Gasteiger partial charge in [0.2, 0.25) is 5.91 Å². The highest BCUT2D eigenvalue weighted by Gasteiger charge is 2.21. The Labute approximate surface area is 186 Å². The number of esters is 1. The molecule has 0 unspecified atom stereocenters. The molecule has 0 saturated heterocycles. The summed E-state index contributed by atoms with van der Waals surface area (Å²) in [6.07, 6.45) is 4.52. The summed E-state index contributed by atoms with van der Waals surface area (Å²) in [4.78, 5) is 29.0. The standard InChI is InChI=1S/C26H25N3O3/c1-3-32-26(31)25-18(2)29(23-9-5-4-8-22(23)25)21-13-11-20(12-14-21)28-24(30)15-10-19-7-6-16-27-17-19/h4-9,11-14,16-17H,3,10,15H2,1-2H3,(H,28,30). The normalized spacial score (nSPS) is 10.8. The van der Waals surface area contributed by atoms with Crippen molar-refractivity contribution in [3.05, 3.63) is 89.9 Å². The zero-order valence-electron chi connectivity index (χ0n) is 18.2. The molecule has 0 aliphatic carbocycles. The van der Waals surface area contributed by atoms with Gasteiger partial charge in [0.15, 0.2) is 0 Å². The van der Waals surface area contributed by atoms with Crippen LogP contribution in [-0.4, -0.2) is 28.0 Å². The summed E-state index contributed by atoms with van der Waals surface area (Å²) in [6.45, 7) is 4.05. The van der Waals surface area contributed by atoms with Crippen LogP contribution < -0.4 is 5.32 Å². The Hall–Kier alpha value is -3.93. The molecule has 4 aromatic rings. The second-order valence-corrected chi connectivity index (χ2v) is 7.49. The van der Waals surface area contributed by atoms with Crippen LogP contribution in [0.3, 0.4) is 0 Å². The molecule has 32 heavy (non-hydrogen) atoms. The molecule has 0 atom stereocenters. The van der Waals surface area contributed by atoms with E-state index in [1.54, 1.807) is 19.3 Å². The highest BCUT2D eigenvalue weighted by Crippen LogP contribution is 2.30. The molecule has 0 fully saturated rings. The van der Waals surface area contributed by atoms with Gasteiger partial charge in [0.1, 0.15) is 0 Å². The van der Waals surface area contributed by atoms with E-state index < -0.39 is 0 Å². The van der Waals surface area contributed by atoms with Crippen molar-refractivity contribution in [1.29, 1.82) is 0 Å². The summed E-state index contributed by atoms with van der Waals surface area (Å²) in [6, 6.07) is 19.2. The lowest BCUT2D eigenvalue weighted by Crippen LogP contribution is -2.12. The van der Waals surface area contributed by atoms with Gasteiger partial charge >= 0.3 is 5.97 Å². The molecular weight excluding hydrogens is 402 g/mol. The number of carbonyl (C=O) groups is 2. The molecule has 0 aliphatic rings. The first-order chi connectivity index (χ1) is 15.6. The number of amides is 1. The van der Waals surface area contributed by atoms with Gasteiger partial charge in [-0.1, -0.05) is 24.3 Å². The number of aryl methyl sites for hydroxylation is 1. The largest absolute Gasteiger partial charge is 0.462 e. The van der Waals surface area contributed by atoms with Crippen LogP contribution in [0.1, 0.15) is 35.0 Å². The fourth-order valence-corrected chi connectivity index (χ4v) is 3.88. The summed E-state index contributed by atoms with van der Waals surface area (Å²) in [7, 11) is 0. The number of aromatic nitrogens is 2. The fraction of sp³-hybridized carbons (Fsp3) is 0.192. The smallest absolute Gasteiger partial charge is 0.340 e. The summed E-state index contributed by atoms with van der Waals surface area (Å²) in [5.74, 6) is -0.369. The molecular formula is C26H25N3O3. The average Bonchev–Trinajstić information content (AvgIpc) is 3.11. The quantitative estimate of drug-likeness (QED) is 0.417. The predicted molar refractivity (Wildman–Crippen MR) is 125 cm³/mol. The Bertz CT molecular complexity index is 1240. The third-order valence-corrected chi connectivity index (χ3v) is 5.36. The topological polar surface area (TPSA) is 73.2 Å². The molecule has 2 heterocycles. The SMILES string of the molecule is CCOC(=O)c1c(C)n(-c2ccc(NC(=O)CCc3cccnc3)cc2)c2ccccc12. The zero-order valence-corrected chi connectivity index (χ0v) is 18.2. The first-order valence-corrected chi connectivity index (χ1v) is 10.6. The van der Waals surface area contributed by atoms with Crippen molar-refractivity contribution in [2.75, 3.05) is 11.9 Å². The summed E-state index contributed by atoms with van der Waals surface area (Å²) in [5.41, 5.74) is 4.99. The van der Waals surface area contributed by atoms with Gasteiger partial charge in [-0.3, -0.25) is 9.78 Å². The number of rotatable bonds is 7. The molecule has 2 aromatic carbocycles. The minimum absolute atomic E-state index is 0.0474. The number of nitrogens with one attached hydrogen (secondary N) is 1. The van der Waals surface area contributed by atoms with Gasteiger partial charge in [-0.2, -0.15) is 0 Å². The highest BCUT2D eigenvalue weighted by molar-refractivity contribution is 6.06. The van der Waals surface area contributed by atoms with Gasteiger partial charge in [-0.15, -0.1) is 0 Å². The van der Waals surface area contributed by atoms with Crippen LogP contribution in [0.15, 0.2) is 73.1 Å². The zero-order chi connectivity index (χ0) is 22.5. The fourth-order valence-electron chi connectivity index (χ4n) is 3.88. The lowest BCUT2D eigenvalue weighted by atomic mass is 10.1. The van der Waals surface area contributed by atoms with E-state index in [4.69, 9.17) is 4.74 Å². The van der Waals surface area contributed by atoms with Crippen molar-refractivity contribution >= 4 is 28.5 Å². The Morgan fingerprint density at radius 1 is 1.03 bits per heavy atom. The minimum atomic E-state index is -0.322. The predicted octanol–water partition coefficient (Wildman–Crippen LogP) is 5.08. The molecule has 0 bridgehead atoms. The highest BCUT2D eigenvalue weighted by atomic mass is 16.5. The van der Waals surface area contributed by atoms with Gasteiger partial charge in [-0.25, -0.2) is 4.79 Å². The lowest BCUT2D eigenvalue weighted by Gasteiger charge is -2.11. The molecule has 1 amide bonds. The van der Waals surface area contributed by atoms with Crippen LogP contribution in [0, 0.1) is 6.92 Å². The number of para-hydroxylation sites is 1. The number of pyridine rings is 1. The van der Waals surface area contributed by atoms with Crippen molar-refractivity contribution in [3.63, 3.8) is 0 Å². The molecule has 6 heteroatoms. The van der Waals surface area contributed by atoms with E-state index in [0.717, 1.165) is 33.5 Å². The van der Waals surface area contributed by atoms with Crippen LogP contribution in [0.5, 0.6) is 0 Å². The number of carbonyl (C=O) groups excluding carboxylic acids is 2. The molecule has 1 N–H and O–H groups in total. The first kappa shape index (κ1) is 21.3. The van der Waals surface area contributed by atoms with Crippen LogP contribution in [-0.2, 0) is 16.0 Å². The number of benzene rings is 2. The van der Waals surface area contributed by atoms with Crippen molar-refractivity contribution in [3.8, 4) is 5.69 Å². The van der Waals surface area contributed by atoms with Gasteiger partial charge in [0.25, 0.3) is 0 Å². The van der Waals surface area contributed by atoms with E-state index in [0.29, 0.717) is 25.0 Å². The second-order valence-electron chi connectivity index (χ2n) is 7.49. The Balaban J connectivity index is 1.55. The number of ether oxygens (including phenoxy) is 1. The van der Waals surface area contributed by atoms with Crippen LogP contribution in [0.4, 0.5) is 5.69 Å². The minimum Gasteiger partial charge on any atom is -0.462 e. The maximum absolute atomic E-state index is 12.6. The number of fused-ring (bicyclic) bond motifs is 1. The van der Waals surface area contributed by atoms with Gasteiger partial charge in [0, 0.05) is 41.3 Å². The second kappa shape index (κ2) is 9.47. The Morgan fingerprint density at radius 3 is 2.53 bits per heavy atom. The van der Waals surface area contributed by atoms with E-state index in [2.05, 4.69) is 10.3 Å². The van der Waals surface area contributed by atoms with Crippen LogP contribution in [0.2, 0.25) is 0 Å². The van der Waals surface area contributed by atoms with Crippen molar-refractivity contribution in [2.45, 2.75) is 26.7 Å². The van der Waals surface area contributed by atoms with E-state index in [1.807, 2.05) is 72.2 Å². The summed E-state index contributed by atoms with van der Waals surface area (Å²) < 4.78 is 7.32. The molecule has 0 saturated carbocycles. The Morgan fingerprint density at radius 2 is 1.81 bits per heavy atom.